The lowest BCUT2D eigenvalue weighted by Gasteiger charge is -2.47. The number of imidazole rings is 1. The Bertz CT molecular complexity index is 1390. The molecule has 0 bridgehead atoms. The smallest absolute Gasteiger partial charge is 0.411 e. The van der Waals surface area contributed by atoms with Crippen molar-refractivity contribution in [2.45, 2.75) is 43.0 Å². The lowest BCUT2D eigenvalue weighted by atomic mass is 9.77. The predicted molar refractivity (Wildman–Crippen MR) is 120 cm³/mol. The second-order valence-corrected chi connectivity index (χ2v) is 10.4. The lowest BCUT2D eigenvalue weighted by Crippen LogP contribution is -2.64. The molecule has 0 spiro atoms. The Morgan fingerprint density at radius 1 is 1.38 bits per heavy atom. The van der Waals surface area contributed by atoms with Gasteiger partial charge in [0.2, 0.25) is 15.8 Å². The van der Waals surface area contributed by atoms with Crippen LogP contribution in [-0.2, 0) is 9.59 Å². The molecule has 0 radical (unpaired) electrons. The summed E-state index contributed by atoms with van der Waals surface area (Å²) in [7, 11) is 0. The number of pyridine rings is 1. The number of aryl methyl sites for hydroxylation is 1. The molecule has 0 aromatic carbocycles. The summed E-state index contributed by atoms with van der Waals surface area (Å²) >= 11 is 2.58. The Morgan fingerprint density at radius 3 is 2.71 bits per heavy atom. The maximum absolute atomic E-state index is 12.7. The van der Waals surface area contributed by atoms with Gasteiger partial charge < -0.3 is 25.6 Å². The summed E-state index contributed by atoms with van der Waals surface area (Å²) < 4.78 is 3.11. The molecular formula is C22H21N5O5S2. The number of primary amides is 1. The molecule has 0 aliphatic carbocycles. The second-order valence-electron chi connectivity index (χ2n) is 8.39. The van der Waals surface area contributed by atoms with Gasteiger partial charge in [-0.2, -0.15) is 4.40 Å². The zero-order chi connectivity index (χ0) is 24.5. The standard InChI is InChI=1S/C22H21N5O5S2/c1-9-13(16(21(30)31)27-15(9)14(11(3)28)18(27)29)17-10(2)25-8-26(22(23)32)20(19(25)34-17)33-12-6-4-5-7-24-12/h4-9,11,14-15,28H,1-3H3,(H2-,23,30,31,32)/t9-,11+,14+,15+/m0/s1. The monoisotopic (exact) mass is 499 g/mol. The Hall–Kier alpha value is -3.22. The largest absolute Gasteiger partial charge is 0.543 e. The number of fused-ring (bicyclic) bond motifs is 2. The van der Waals surface area contributed by atoms with E-state index in [0.29, 0.717) is 31.0 Å². The van der Waals surface area contributed by atoms with Crippen molar-refractivity contribution in [3.8, 4) is 0 Å². The molecule has 5 heterocycles. The predicted octanol–water partition coefficient (Wildman–Crippen LogP) is 0.388. The van der Waals surface area contributed by atoms with E-state index in [1.54, 1.807) is 23.0 Å². The summed E-state index contributed by atoms with van der Waals surface area (Å²) in [6.07, 6.45) is 2.32. The molecule has 12 heteroatoms. The van der Waals surface area contributed by atoms with Crippen LogP contribution in [0.4, 0.5) is 4.79 Å². The molecule has 0 saturated carbocycles. The molecule has 2 amide bonds. The van der Waals surface area contributed by atoms with E-state index < -0.39 is 36.0 Å². The first kappa shape index (κ1) is 22.6. The number of thiazole rings is 1. The fourth-order valence-corrected chi connectivity index (χ4v) is 7.33. The molecule has 176 valence electrons. The molecule has 2 aliphatic rings. The Kier molecular flexibility index (Phi) is 5.26. The summed E-state index contributed by atoms with van der Waals surface area (Å²) in [6.45, 7) is 5.20. The van der Waals surface area contributed by atoms with Gasteiger partial charge in [-0.15, -0.1) is 4.57 Å². The number of nitrogens with zero attached hydrogens (tertiary/aromatic N) is 4. The van der Waals surface area contributed by atoms with E-state index in [9.17, 15) is 24.6 Å². The van der Waals surface area contributed by atoms with Crippen molar-refractivity contribution < 1.29 is 29.0 Å². The average Bonchev–Trinajstić information content (AvgIpc) is 3.37. The Morgan fingerprint density at radius 2 is 2.12 bits per heavy atom. The van der Waals surface area contributed by atoms with Crippen LogP contribution in [0.1, 0.15) is 24.4 Å². The molecule has 3 aromatic rings. The van der Waals surface area contributed by atoms with Crippen LogP contribution in [0.3, 0.4) is 0 Å². The van der Waals surface area contributed by atoms with Crippen molar-refractivity contribution in [3.05, 3.63) is 47.0 Å². The molecule has 0 unspecified atom stereocenters. The number of aromatic nitrogens is 3. The minimum absolute atomic E-state index is 0.159. The maximum Gasteiger partial charge on any atom is 0.411 e. The number of hydrogen-bond donors (Lipinski definition) is 2. The van der Waals surface area contributed by atoms with Gasteiger partial charge in [-0.3, -0.25) is 4.79 Å². The zero-order valence-corrected chi connectivity index (χ0v) is 20.1. The topological polar surface area (TPSA) is 146 Å². The first-order valence-electron chi connectivity index (χ1n) is 10.5. The number of hydrogen-bond acceptors (Lipinski definition) is 8. The maximum atomic E-state index is 12.7. The van der Waals surface area contributed by atoms with E-state index in [1.165, 1.54) is 39.5 Å². The van der Waals surface area contributed by atoms with Crippen molar-refractivity contribution in [1.82, 2.24) is 14.5 Å². The molecule has 2 aliphatic heterocycles. The van der Waals surface area contributed by atoms with Gasteiger partial charge in [0.15, 0.2) is 0 Å². The zero-order valence-electron chi connectivity index (χ0n) is 18.5. The number of amides is 2. The lowest BCUT2D eigenvalue weighted by molar-refractivity contribution is -0.515. The summed E-state index contributed by atoms with van der Waals surface area (Å²) in [5.74, 6) is -2.85. The van der Waals surface area contributed by atoms with E-state index in [-0.39, 0.29) is 11.6 Å². The van der Waals surface area contributed by atoms with Crippen LogP contribution in [0.25, 0.3) is 10.4 Å². The third kappa shape index (κ3) is 3.09. The van der Waals surface area contributed by atoms with Crippen molar-refractivity contribution in [1.29, 1.82) is 0 Å². The number of carboxylic acid groups (broad SMARTS) is 1. The second kappa shape index (κ2) is 7.93. The van der Waals surface area contributed by atoms with E-state index in [0.717, 1.165) is 0 Å². The third-order valence-electron chi connectivity index (χ3n) is 6.43. The molecule has 5 rings (SSSR count). The Balaban J connectivity index is 1.68. The molecular weight excluding hydrogens is 478 g/mol. The molecule has 1 saturated heterocycles. The normalized spacial score (nSPS) is 22.8. The van der Waals surface area contributed by atoms with Crippen LogP contribution in [0, 0.1) is 18.8 Å². The number of aliphatic carboxylic acids is 1. The van der Waals surface area contributed by atoms with Gasteiger partial charge in [0.05, 0.1) is 34.6 Å². The molecule has 3 N–H and O–H groups in total. The quantitative estimate of drug-likeness (QED) is 0.381. The Labute approximate surface area is 202 Å². The molecule has 10 nitrogen and oxygen atoms in total. The number of aliphatic hydroxyl groups excluding tert-OH is 1. The minimum Gasteiger partial charge on any atom is -0.543 e. The first-order valence-corrected chi connectivity index (χ1v) is 12.2. The number of aliphatic hydroxyl groups is 1. The van der Waals surface area contributed by atoms with Crippen LogP contribution >= 0.6 is 23.1 Å². The van der Waals surface area contributed by atoms with Crippen molar-refractivity contribution in [2.75, 3.05) is 0 Å². The van der Waals surface area contributed by atoms with E-state index in [4.69, 9.17) is 5.73 Å². The number of carbonyl (C=O) groups is 3. The van der Waals surface area contributed by atoms with E-state index >= 15 is 0 Å². The SMILES string of the molecule is Cc1c(C2=C(C(=O)[O-])N3C(=O)[C@H]([C@@H](C)O)[C@H]3[C@H]2C)sc2c(Sc3ccccn3)n(C(N)=O)c[n+]12. The average molecular weight is 500 g/mol. The van der Waals surface area contributed by atoms with Gasteiger partial charge in [-0.1, -0.05) is 24.3 Å². The van der Waals surface area contributed by atoms with E-state index in [1.807, 2.05) is 26.0 Å². The van der Waals surface area contributed by atoms with Gasteiger partial charge in [-0.05, 0) is 37.7 Å². The van der Waals surface area contributed by atoms with Gasteiger partial charge in [0, 0.05) is 17.7 Å². The minimum atomic E-state index is -1.44. The van der Waals surface area contributed by atoms with Gasteiger partial charge >= 0.3 is 6.03 Å². The third-order valence-corrected chi connectivity index (χ3v) is 8.89. The molecule has 3 aromatic heterocycles. The van der Waals surface area contributed by atoms with Gasteiger partial charge in [0.1, 0.15) is 10.7 Å². The van der Waals surface area contributed by atoms with Gasteiger partial charge in [0.25, 0.3) is 6.33 Å². The highest BCUT2D eigenvalue weighted by Gasteiger charge is 2.59. The van der Waals surface area contributed by atoms with Crippen LogP contribution in [-0.4, -0.2) is 49.6 Å². The fraction of sp³-hybridized carbons (Fsp3) is 0.318. The summed E-state index contributed by atoms with van der Waals surface area (Å²) in [4.78, 5) is 43.9. The fourth-order valence-electron chi connectivity index (χ4n) is 4.90. The number of nitrogens with two attached hydrogens (primary N) is 1. The van der Waals surface area contributed by atoms with Crippen molar-refractivity contribution in [2.24, 2.45) is 17.6 Å². The van der Waals surface area contributed by atoms with Crippen LogP contribution in [0.15, 0.2) is 46.5 Å². The van der Waals surface area contributed by atoms with Crippen LogP contribution < -0.4 is 15.2 Å². The van der Waals surface area contributed by atoms with Crippen LogP contribution in [0.5, 0.6) is 0 Å². The van der Waals surface area contributed by atoms with Gasteiger partial charge in [-0.25, -0.2) is 9.78 Å². The highest BCUT2D eigenvalue weighted by atomic mass is 32.2. The van der Waals surface area contributed by atoms with E-state index in [2.05, 4.69) is 4.98 Å². The van der Waals surface area contributed by atoms with Crippen molar-refractivity contribution >= 4 is 51.4 Å². The summed E-state index contributed by atoms with van der Waals surface area (Å²) in [6, 6.07) is 4.32. The summed E-state index contributed by atoms with van der Waals surface area (Å²) in [5, 5.41) is 23.5. The first-order chi connectivity index (χ1) is 16.1. The molecule has 4 atom stereocenters. The molecule has 34 heavy (non-hydrogen) atoms. The highest BCUT2D eigenvalue weighted by Crippen LogP contribution is 2.52. The number of rotatable bonds is 5. The highest BCUT2D eigenvalue weighted by molar-refractivity contribution is 7.99. The number of β-lactam (4-membered cyclic amide) rings is 1. The number of carbonyl (C=O) groups excluding carboxylic acids is 3. The van der Waals surface area contributed by atoms with Crippen molar-refractivity contribution in [3.63, 3.8) is 0 Å². The summed E-state index contributed by atoms with van der Waals surface area (Å²) in [5.41, 5.74) is 6.64. The number of carboxylic acids is 1. The van der Waals surface area contributed by atoms with Crippen LogP contribution in [0.2, 0.25) is 0 Å². The molecule has 1 fully saturated rings.